The quantitative estimate of drug-likeness (QED) is 0.636. The minimum atomic E-state index is 0.304. The maximum Gasteiger partial charge on any atom is 0.0618 e. The number of aliphatic hydroxyl groups excluding tert-OH is 1. The molecule has 15 heavy (non-hydrogen) atoms. The van der Waals surface area contributed by atoms with E-state index in [1.54, 1.807) is 7.11 Å². The van der Waals surface area contributed by atoms with Crippen molar-refractivity contribution in [2.24, 2.45) is 11.8 Å². The van der Waals surface area contributed by atoms with Gasteiger partial charge < -0.3 is 15.2 Å². The van der Waals surface area contributed by atoms with Gasteiger partial charge in [-0.15, -0.1) is 0 Å². The monoisotopic (exact) mass is 213 g/mol. The van der Waals surface area contributed by atoms with E-state index in [0.29, 0.717) is 18.7 Å². The fourth-order valence-electron chi connectivity index (χ4n) is 2.37. The van der Waals surface area contributed by atoms with Crippen LogP contribution in [0, 0.1) is 11.8 Å². The fraction of sp³-hybridized carbons (Fsp3) is 1.00. The van der Waals surface area contributed by atoms with Gasteiger partial charge in [0.15, 0.2) is 0 Å². The summed E-state index contributed by atoms with van der Waals surface area (Å²) in [7, 11) is 1.77. The summed E-state index contributed by atoms with van der Waals surface area (Å²) in [5, 5.41) is 12.7. The first-order chi connectivity index (χ1) is 7.35. The van der Waals surface area contributed by atoms with Crippen LogP contribution in [0.4, 0.5) is 0 Å². The Hall–Kier alpha value is -0.120. The average Bonchev–Trinajstić information content (AvgIpc) is 3.05. The third kappa shape index (κ3) is 3.44. The predicted molar refractivity (Wildman–Crippen MR) is 59.7 cm³/mol. The molecule has 3 nitrogen and oxygen atoms in total. The molecule has 2 aliphatic rings. The van der Waals surface area contributed by atoms with Crippen molar-refractivity contribution in [3.63, 3.8) is 0 Å². The van der Waals surface area contributed by atoms with Crippen molar-refractivity contribution in [2.45, 2.75) is 44.2 Å². The molecule has 88 valence electrons. The van der Waals surface area contributed by atoms with Crippen molar-refractivity contribution >= 4 is 0 Å². The Kier molecular flexibility index (Phi) is 4.00. The Labute approximate surface area is 92.2 Å². The van der Waals surface area contributed by atoms with E-state index in [2.05, 4.69) is 5.32 Å². The number of hydrogen-bond donors (Lipinski definition) is 2. The summed E-state index contributed by atoms with van der Waals surface area (Å²) in [6, 6.07) is 1.04. The number of rotatable bonds is 8. The minimum Gasteiger partial charge on any atom is -0.396 e. The van der Waals surface area contributed by atoms with Crippen LogP contribution in [0.25, 0.3) is 0 Å². The first-order valence-electron chi connectivity index (χ1n) is 6.21. The van der Waals surface area contributed by atoms with Crippen molar-refractivity contribution in [3.8, 4) is 0 Å². The van der Waals surface area contributed by atoms with Gasteiger partial charge >= 0.3 is 0 Å². The van der Waals surface area contributed by atoms with Crippen LogP contribution in [0.5, 0.6) is 0 Å². The number of nitrogens with one attached hydrogen (secondary N) is 1. The molecule has 0 radical (unpaired) electrons. The molecule has 0 amide bonds. The zero-order valence-electron chi connectivity index (χ0n) is 9.61. The zero-order valence-corrected chi connectivity index (χ0v) is 9.61. The molecule has 0 heterocycles. The lowest BCUT2D eigenvalue weighted by molar-refractivity contribution is 0.143. The number of methoxy groups -OCH3 is 1. The third-order valence-corrected chi connectivity index (χ3v) is 3.60. The van der Waals surface area contributed by atoms with Crippen LogP contribution in [0.1, 0.15) is 32.1 Å². The molecule has 0 aromatic rings. The molecule has 3 heteroatoms. The molecule has 2 rings (SSSR count). The molecular weight excluding hydrogens is 190 g/mol. The Morgan fingerprint density at radius 1 is 1.20 bits per heavy atom. The highest BCUT2D eigenvalue weighted by molar-refractivity contribution is 4.93. The third-order valence-electron chi connectivity index (χ3n) is 3.60. The highest BCUT2D eigenvalue weighted by Gasteiger charge is 2.36. The molecular formula is C12H23NO2. The van der Waals surface area contributed by atoms with Gasteiger partial charge in [0.1, 0.15) is 0 Å². The van der Waals surface area contributed by atoms with E-state index in [-0.39, 0.29) is 0 Å². The average molecular weight is 213 g/mol. The SMILES string of the molecule is COCC(NC(CCO)C1CC1)C1CC1. The normalized spacial score (nSPS) is 25.2. The molecule has 0 spiro atoms. The molecule has 2 atom stereocenters. The lowest BCUT2D eigenvalue weighted by Crippen LogP contribution is -2.44. The van der Waals surface area contributed by atoms with Crippen LogP contribution >= 0.6 is 0 Å². The van der Waals surface area contributed by atoms with Crippen LogP contribution < -0.4 is 5.32 Å². The molecule has 2 N–H and O–H groups in total. The van der Waals surface area contributed by atoms with E-state index in [4.69, 9.17) is 9.84 Å². The van der Waals surface area contributed by atoms with Crippen LogP contribution in [0.3, 0.4) is 0 Å². The summed E-state index contributed by atoms with van der Waals surface area (Å²) in [6.07, 6.45) is 6.26. The Bertz CT molecular complexity index is 170. The van der Waals surface area contributed by atoms with Gasteiger partial charge in [-0.05, 0) is 43.9 Å². The molecule has 2 unspecified atom stereocenters. The smallest absolute Gasteiger partial charge is 0.0618 e. The molecule has 0 aromatic heterocycles. The Balaban J connectivity index is 1.78. The molecule has 0 bridgehead atoms. The zero-order chi connectivity index (χ0) is 10.7. The van der Waals surface area contributed by atoms with E-state index in [0.717, 1.165) is 24.9 Å². The van der Waals surface area contributed by atoms with Crippen LogP contribution in [0.15, 0.2) is 0 Å². The van der Waals surface area contributed by atoms with Gasteiger partial charge in [-0.3, -0.25) is 0 Å². The number of hydrogen-bond acceptors (Lipinski definition) is 3. The molecule has 2 aliphatic carbocycles. The largest absolute Gasteiger partial charge is 0.396 e. The second-order valence-corrected chi connectivity index (χ2v) is 5.02. The van der Waals surface area contributed by atoms with Crippen LogP contribution in [-0.2, 0) is 4.74 Å². The maximum atomic E-state index is 9.04. The van der Waals surface area contributed by atoms with Gasteiger partial charge in [-0.1, -0.05) is 0 Å². The van der Waals surface area contributed by atoms with E-state index < -0.39 is 0 Å². The molecule has 2 fully saturated rings. The Morgan fingerprint density at radius 3 is 2.27 bits per heavy atom. The van der Waals surface area contributed by atoms with E-state index in [1.165, 1.54) is 25.7 Å². The second kappa shape index (κ2) is 5.28. The van der Waals surface area contributed by atoms with Crippen LogP contribution in [0.2, 0.25) is 0 Å². The van der Waals surface area contributed by atoms with Gasteiger partial charge in [0, 0.05) is 25.8 Å². The van der Waals surface area contributed by atoms with Gasteiger partial charge in [0.2, 0.25) is 0 Å². The summed E-state index contributed by atoms with van der Waals surface area (Å²) >= 11 is 0. The van der Waals surface area contributed by atoms with Crippen molar-refractivity contribution in [2.75, 3.05) is 20.3 Å². The summed E-state index contributed by atoms with van der Waals surface area (Å²) in [4.78, 5) is 0. The summed E-state index contributed by atoms with van der Waals surface area (Å²) in [5.41, 5.74) is 0. The van der Waals surface area contributed by atoms with Crippen molar-refractivity contribution in [1.82, 2.24) is 5.32 Å². The topological polar surface area (TPSA) is 41.5 Å². The van der Waals surface area contributed by atoms with E-state index in [9.17, 15) is 0 Å². The van der Waals surface area contributed by atoms with E-state index >= 15 is 0 Å². The van der Waals surface area contributed by atoms with Gasteiger partial charge in [0.25, 0.3) is 0 Å². The van der Waals surface area contributed by atoms with Crippen molar-refractivity contribution in [1.29, 1.82) is 0 Å². The number of aliphatic hydroxyl groups is 1. The second-order valence-electron chi connectivity index (χ2n) is 5.02. The minimum absolute atomic E-state index is 0.304. The fourth-order valence-corrected chi connectivity index (χ4v) is 2.37. The first-order valence-corrected chi connectivity index (χ1v) is 6.21. The van der Waals surface area contributed by atoms with Crippen LogP contribution in [-0.4, -0.2) is 37.5 Å². The van der Waals surface area contributed by atoms with Gasteiger partial charge in [-0.2, -0.15) is 0 Å². The summed E-state index contributed by atoms with van der Waals surface area (Å²) < 4.78 is 5.26. The van der Waals surface area contributed by atoms with Crippen molar-refractivity contribution in [3.05, 3.63) is 0 Å². The lowest BCUT2D eigenvalue weighted by Gasteiger charge is -2.25. The van der Waals surface area contributed by atoms with Gasteiger partial charge in [-0.25, -0.2) is 0 Å². The van der Waals surface area contributed by atoms with Gasteiger partial charge in [0.05, 0.1) is 6.61 Å². The molecule has 2 saturated carbocycles. The summed E-state index contributed by atoms with van der Waals surface area (Å²) in [6.45, 7) is 1.12. The molecule has 0 aliphatic heterocycles. The highest BCUT2D eigenvalue weighted by atomic mass is 16.5. The van der Waals surface area contributed by atoms with E-state index in [1.807, 2.05) is 0 Å². The lowest BCUT2D eigenvalue weighted by atomic mass is 10.1. The maximum absolute atomic E-state index is 9.04. The number of ether oxygens (including phenoxy) is 1. The standard InChI is InChI=1S/C12H23NO2/c1-15-8-12(10-4-5-10)13-11(6-7-14)9-2-3-9/h9-14H,2-8H2,1H3. The molecule has 0 saturated heterocycles. The highest BCUT2D eigenvalue weighted by Crippen LogP contribution is 2.37. The Morgan fingerprint density at radius 2 is 1.80 bits per heavy atom. The first kappa shape index (κ1) is 11.4. The summed E-state index contributed by atoms with van der Waals surface area (Å²) in [5.74, 6) is 1.64. The molecule has 0 aromatic carbocycles. The predicted octanol–water partition coefficient (Wildman–Crippen LogP) is 1.16. The van der Waals surface area contributed by atoms with Crippen molar-refractivity contribution < 1.29 is 9.84 Å².